The second kappa shape index (κ2) is 9.22. The highest BCUT2D eigenvalue weighted by molar-refractivity contribution is 6.06. The number of amides is 2. The van der Waals surface area contributed by atoms with Crippen molar-refractivity contribution in [2.45, 2.75) is 13.0 Å². The molecule has 1 atom stereocenters. The van der Waals surface area contributed by atoms with Crippen molar-refractivity contribution in [1.82, 2.24) is 5.32 Å². The molecule has 3 rings (SSSR count). The summed E-state index contributed by atoms with van der Waals surface area (Å²) in [4.78, 5) is 27.3. The van der Waals surface area contributed by atoms with Crippen LogP contribution in [0.15, 0.2) is 72.8 Å². The van der Waals surface area contributed by atoms with Crippen LogP contribution in [0.25, 0.3) is 0 Å². The standard InChI is InChI=1S/C24H24FN3O2/c1-16(17-8-5-4-6-9-17)26-24(30)21-15-20(12-13-22(21)28(2)3)27-23(29)18-10-7-11-19(25)14-18/h4-16H,1-3H3,(H,26,30)(H,27,29)/t16-/m0/s1. The number of hydrogen-bond acceptors (Lipinski definition) is 3. The van der Waals surface area contributed by atoms with Crippen molar-refractivity contribution in [3.8, 4) is 0 Å². The molecular weight excluding hydrogens is 381 g/mol. The van der Waals surface area contributed by atoms with Crippen molar-refractivity contribution in [2.24, 2.45) is 0 Å². The van der Waals surface area contributed by atoms with Gasteiger partial charge in [-0.05, 0) is 48.9 Å². The number of nitrogens with zero attached hydrogens (tertiary/aromatic N) is 1. The second-order valence-electron chi connectivity index (χ2n) is 7.20. The summed E-state index contributed by atoms with van der Waals surface area (Å²) in [6.07, 6.45) is 0. The van der Waals surface area contributed by atoms with Gasteiger partial charge in [-0.3, -0.25) is 9.59 Å². The summed E-state index contributed by atoms with van der Waals surface area (Å²) in [5.41, 5.74) is 2.80. The van der Waals surface area contributed by atoms with Gasteiger partial charge in [0.25, 0.3) is 11.8 Å². The monoisotopic (exact) mass is 405 g/mol. The average Bonchev–Trinajstić information content (AvgIpc) is 2.74. The highest BCUT2D eigenvalue weighted by atomic mass is 19.1. The van der Waals surface area contributed by atoms with E-state index < -0.39 is 11.7 Å². The zero-order valence-electron chi connectivity index (χ0n) is 17.1. The molecule has 0 unspecified atom stereocenters. The van der Waals surface area contributed by atoms with Crippen LogP contribution in [0.3, 0.4) is 0 Å². The van der Waals surface area contributed by atoms with Gasteiger partial charge in [0, 0.05) is 31.0 Å². The first kappa shape index (κ1) is 21.0. The first-order valence-corrected chi connectivity index (χ1v) is 9.59. The number of benzene rings is 3. The minimum Gasteiger partial charge on any atom is -0.377 e. The number of hydrogen-bond donors (Lipinski definition) is 2. The van der Waals surface area contributed by atoms with Crippen molar-refractivity contribution in [2.75, 3.05) is 24.3 Å². The number of carbonyl (C=O) groups excluding carboxylic acids is 2. The molecule has 30 heavy (non-hydrogen) atoms. The van der Waals surface area contributed by atoms with E-state index in [1.807, 2.05) is 56.3 Å². The zero-order chi connectivity index (χ0) is 21.7. The molecule has 0 aliphatic heterocycles. The lowest BCUT2D eigenvalue weighted by Crippen LogP contribution is -2.28. The van der Waals surface area contributed by atoms with E-state index in [9.17, 15) is 14.0 Å². The van der Waals surface area contributed by atoms with E-state index in [-0.39, 0.29) is 17.5 Å². The van der Waals surface area contributed by atoms with Crippen molar-refractivity contribution in [1.29, 1.82) is 0 Å². The maximum absolute atomic E-state index is 13.4. The molecule has 0 saturated heterocycles. The summed E-state index contributed by atoms with van der Waals surface area (Å²) in [7, 11) is 3.69. The largest absolute Gasteiger partial charge is 0.377 e. The Morgan fingerprint density at radius 1 is 0.900 bits per heavy atom. The fourth-order valence-electron chi connectivity index (χ4n) is 3.12. The van der Waals surface area contributed by atoms with E-state index >= 15 is 0 Å². The number of rotatable bonds is 6. The van der Waals surface area contributed by atoms with E-state index in [2.05, 4.69) is 10.6 Å². The summed E-state index contributed by atoms with van der Waals surface area (Å²) < 4.78 is 13.4. The van der Waals surface area contributed by atoms with Gasteiger partial charge >= 0.3 is 0 Å². The molecule has 0 heterocycles. The van der Waals surface area contributed by atoms with E-state index in [0.29, 0.717) is 11.3 Å². The van der Waals surface area contributed by atoms with Gasteiger partial charge in [-0.15, -0.1) is 0 Å². The number of halogens is 1. The number of carbonyl (C=O) groups is 2. The first-order chi connectivity index (χ1) is 14.3. The van der Waals surface area contributed by atoms with Crippen LogP contribution in [0.1, 0.15) is 39.2 Å². The van der Waals surface area contributed by atoms with Crippen LogP contribution >= 0.6 is 0 Å². The molecule has 6 heteroatoms. The van der Waals surface area contributed by atoms with Crippen LogP contribution in [0, 0.1) is 5.82 Å². The molecule has 0 saturated carbocycles. The molecule has 2 amide bonds. The topological polar surface area (TPSA) is 61.4 Å². The molecule has 0 fully saturated rings. The normalized spacial score (nSPS) is 11.5. The average molecular weight is 405 g/mol. The molecule has 3 aromatic carbocycles. The molecule has 154 valence electrons. The van der Waals surface area contributed by atoms with Gasteiger partial charge in [-0.25, -0.2) is 4.39 Å². The minimum atomic E-state index is -0.486. The third-order valence-electron chi connectivity index (χ3n) is 4.71. The van der Waals surface area contributed by atoms with Crippen LogP contribution in [0.2, 0.25) is 0 Å². The maximum atomic E-state index is 13.4. The third-order valence-corrected chi connectivity index (χ3v) is 4.71. The molecule has 0 aliphatic carbocycles. The second-order valence-corrected chi connectivity index (χ2v) is 7.20. The quantitative estimate of drug-likeness (QED) is 0.628. The van der Waals surface area contributed by atoms with Crippen molar-refractivity contribution in [3.63, 3.8) is 0 Å². The lowest BCUT2D eigenvalue weighted by Gasteiger charge is -2.20. The minimum absolute atomic E-state index is 0.181. The Labute approximate surface area is 175 Å². The van der Waals surface area contributed by atoms with E-state index in [1.54, 1.807) is 18.2 Å². The summed E-state index contributed by atoms with van der Waals surface area (Å²) in [5.74, 6) is -1.19. The smallest absolute Gasteiger partial charge is 0.255 e. The summed E-state index contributed by atoms with van der Waals surface area (Å²) in [6.45, 7) is 1.91. The molecule has 0 spiro atoms. The molecule has 5 nitrogen and oxygen atoms in total. The highest BCUT2D eigenvalue weighted by Crippen LogP contribution is 2.24. The van der Waals surface area contributed by atoms with Crippen LogP contribution in [0.5, 0.6) is 0 Å². The van der Waals surface area contributed by atoms with Crippen molar-refractivity contribution >= 4 is 23.2 Å². The number of nitrogens with one attached hydrogen (secondary N) is 2. The molecule has 3 aromatic rings. The zero-order valence-corrected chi connectivity index (χ0v) is 17.1. The van der Waals surface area contributed by atoms with E-state index in [1.165, 1.54) is 24.3 Å². The SMILES string of the molecule is C[C@H](NC(=O)c1cc(NC(=O)c2cccc(F)c2)ccc1N(C)C)c1ccccc1. The molecule has 0 radical (unpaired) electrons. The fourth-order valence-corrected chi connectivity index (χ4v) is 3.12. The van der Waals surface area contributed by atoms with Crippen LogP contribution < -0.4 is 15.5 Å². The molecule has 0 aliphatic rings. The summed E-state index contributed by atoms with van der Waals surface area (Å²) in [6, 6.07) is 20.0. The van der Waals surface area contributed by atoms with Gasteiger partial charge in [0.05, 0.1) is 11.6 Å². The Balaban J connectivity index is 1.83. The lowest BCUT2D eigenvalue weighted by atomic mass is 10.1. The van der Waals surface area contributed by atoms with Gasteiger partial charge in [0.1, 0.15) is 5.82 Å². The fraction of sp³-hybridized carbons (Fsp3) is 0.167. The molecule has 0 bridgehead atoms. The Hall–Kier alpha value is -3.67. The van der Waals surface area contributed by atoms with Gasteiger partial charge in [-0.1, -0.05) is 36.4 Å². The van der Waals surface area contributed by atoms with Crippen LogP contribution in [-0.4, -0.2) is 25.9 Å². The van der Waals surface area contributed by atoms with Crippen molar-refractivity contribution in [3.05, 3.63) is 95.3 Å². The van der Waals surface area contributed by atoms with E-state index in [4.69, 9.17) is 0 Å². The van der Waals surface area contributed by atoms with Crippen molar-refractivity contribution < 1.29 is 14.0 Å². The number of anilines is 2. The molecule has 0 aromatic heterocycles. The van der Waals surface area contributed by atoms with Gasteiger partial charge < -0.3 is 15.5 Å². The maximum Gasteiger partial charge on any atom is 0.255 e. The lowest BCUT2D eigenvalue weighted by molar-refractivity contribution is 0.0939. The predicted molar refractivity (Wildman–Crippen MR) is 117 cm³/mol. The molecule has 2 N–H and O–H groups in total. The van der Waals surface area contributed by atoms with Crippen LogP contribution in [0.4, 0.5) is 15.8 Å². The third kappa shape index (κ3) is 5.03. The first-order valence-electron chi connectivity index (χ1n) is 9.59. The summed E-state index contributed by atoms with van der Waals surface area (Å²) in [5, 5.41) is 5.73. The van der Waals surface area contributed by atoms with Crippen LogP contribution in [-0.2, 0) is 0 Å². The Morgan fingerprint density at radius 2 is 1.63 bits per heavy atom. The Morgan fingerprint density at radius 3 is 2.30 bits per heavy atom. The summed E-state index contributed by atoms with van der Waals surface area (Å²) >= 11 is 0. The van der Waals surface area contributed by atoms with Gasteiger partial charge in [0.15, 0.2) is 0 Å². The molecular formula is C24H24FN3O2. The Bertz CT molecular complexity index is 1050. The van der Waals surface area contributed by atoms with Gasteiger partial charge in [0.2, 0.25) is 0 Å². The predicted octanol–water partition coefficient (Wildman–Crippen LogP) is 4.64. The van der Waals surface area contributed by atoms with Gasteiger partial charge in [-0.2, -0.15) is 0 Å². The Kier molecular flexibility index (Phi) is 6.47. The van der Waals surface area contributed by atoms with E-state index in [0.717, 1.165) is 11.3 Å². The highest BCUT2D eigenvalue weighted by Gasteiger charge is 2.18.